The van der Waals surface area contributed by atoms with Gasteiger partial charge in [-0.3, -0.25) is 25.5 Å². The summed E-state index contributed by atoms with van der Waals surface area (Å²) in [5.41, 5.74) is -0.453. The topological polar surface area (TPSA) is 98.3 Å². The quantitative estimate of drug-likeness (QED) is 0.633. The number of hydrogen-bond donors (Lipinski definition) is 1. The van der Waals surface area contributed by atoms with E-state index in [0.717, 1.165) is 0 Å². The maximum atomic E-state index is 13.3. The third-order valence-electron chi connectivity index (χ3n) is 5.43. The summed E-state index contributed by atoms with van der Waals surface area (Å²) in [4.78, 5) is 22.7. The SMILES string of the molecule is CC1(C)[C@@H]([N+](=O)[O-])[C@@H](c2ccc(F)cc2)N[C@H](c2ccc(F)cc2)[C@H]1[N+](=O)[O-]. The molecule has 1 saturated heterocycles. The molecule has 9 heteroatoms. The number of benzene rings is 2. The molecule has 0 amide bonds. The van der Waals surface area contributed by atoms with E-state index >= 15 is 0 Å². The van der Waals surface area contributed by atoms with Gasteiger partial charge >= 0.3 is 0 Å². The predicted molar refractivity (Wildman–Crippen MR) is 96.8 cm³/mol. The van der Waals surface area contributed by atoms with Crippen molar-refractivity contribution in [1.82, 2.24) is 5.32 Å². The molecular weight excluding hydrogens is 372 g/mol. The van der Waals surface area contributed by atoms with E-state index in [1.165, 1.54) is 62.4 Å². The van der Waals surface area contributed by atoms with Crippen LogP contribution in [0.4, 0.5) is 8.78 Å². The van der Waals surface area contributed by atoms with Crippen molar-refractivity contribution >= 4 is 0 Å². The highest BCUT2D eigenvalue weighted by Gasteiger charge is 2.62. The Morgan fingerprint density at radius 2 is 1.11 bits per heavy atom. The van der Waals surface area contributed by atoms with Crippen LogP contribution in [0.3, 0.4) is 0 Å². The first-order valence-electron chi connectivity index (χ1n) is 8.67. The molecule has 1 aliphatic rings. The fourth-order valence-corrected chi connectivity index (χ4v) is 4.09. The Kier molecular flexibility index (Phi) is 5.12. The first kappa shape index (κ1) is 19.8. The molecule has 2 aromatic carbocycles. The number of rotatable bonds is 4. The number of halogens is 2. The zero-order valence-corrected chi connectivity index (χ0v) is 15.2. The molecule has 1 aliphatic heterocycles. The number of hydrogen-bond acceptors (Lipinski definition) is 5. The molecule has 4 atom stereocenters. The van der Waals surface area contributed by atoms with Crippen LogP contribution in [0.15, 0.2) is 48.5 Å². The summed E-state index contributed by atoms with van der Waals surface area (Å²) in [6.45, 7) is 2.98. The molecule has 7 nitrogen and oxygen atoms in total. The Balaban J connectivity index is 2.14. The standard InChI is InChI=1S/C19H19F2N3O4/c1-19(2)17(23(25)26)15(11-3-7-13(20)8-4-11)22-16(18(19)24(27)28)12-5-9-14(21)10-6-12/h3-10,15-18,22H,1-2H3/t15-,16-,17-,18+/m1/s1. The molecule has 1 N–H and O–H groups in total. The van der Waals surface area contributed by atoms with Crippen molar-refractivity contribution in [2.24, 2.45) is 5.41 Å². The van der Waals surface area contributed by atoms with Crippen LogP contribution in [0, 0.1) is 37.3 Å². The zero-order chi connectivity index (χ0) is 20.6. The number of nitrogens with zero attached hydrogens (tertiary/aromatic N) is 2. The first-order chi connectivity index (χ1) is 13.1. The van der Waals surface area contributed by atoms with E-state index in [0.29, 0.717) is 11.1 Å². The number of nitro groups is 2. The summed E-state index contributed by atoms with van der Waals surface area (Å²) in [6.07, 6.45) is 0. The van der Waals surface area contributed by atoms with E-state index in [9.17, 15) is 29.0 Å². The summed E-state index contributed by atoms with van der Waals surface area (Å²) in [5.74, 6) is -0.982. The van der Waals surface area contributed by atoms with Gasteiger partial charge in [-0.25, -0.2) is 8.78 Å². The lowest BCUT2D eigenvalue weighted by atomic mass is 9.66. The fourth-order valence-electron chi connectivity index (χ4n) is 4.09. The second-order valence-corrected chi connectivity index (χ2v) is 7.51. The number of piperidine rings is 1. The summed E-state index contributed by atoms with van der Waals surface area (Å²) in [7, 11) is 0. The molecule has 1 fully saturated rings. The molecule has 28 heavy (non-hydrogen) atoms. The van der Waals surface area contributed by atoms with Crippen LogP contribution in [0.25, 0.3) is 0 Å². The molecule has 0 radical (unpaired) electrons. The third-order valence-corrected chi connectivity index (χ3v) is 5.43. The van der Waals surface area contributed by atoms with Gasteiger partial charge in [0.15, 0.2) is 0 Å². The summed E-state index contributed by atoms with van der Waals surface area (Å²) in [5, 5.41) is 26.8. The van der Waals surface area contributed by atoms with Gasteiger partial charge in [0.05, 0.1) is 0 Å². The van der Waals surface area contributed by atoms with Crippen LogP contribution in [-0.4, -0.2) is 21.9 Å². The minimum Gasteiger partial charge on any atom is -0.291 e. The highest BCUT2D eigenvalue weighted by atomic mass is 19.1. The summed E-state index contributed by atoms with van der Waals surface area (Å²) in [6, 6.07) is 6.01. The van der Waals surface area contributed by atoms with Crippen molar-refractivity contribution in [3.63, 3.8) is 0 Å². The van der Waals surface area contributed by atoms with Crippen molar-refractivity contribution < 1.29 is 18.6 Å². The molecule has 0 aliphatic carbocycles. The van der Waals surface area contributed by atoms with Gasteiger partial charge in [-0.05, 0) is 49.2 Å². The molecule has 3 rings (SSSR count). The van der Waals surface area contributed by atoms with Crippen molar-refractivity contribution in [2.45, 2.75) is 38.0 Å². The Morgan fingerprint density at radius 3 is 1.39 bits per heavy atom. The summed E-state index contributed by atoms with van der Waals surface area (Å²) < 4.78 is 26.7. The minimum absolute atomic E-state index is 0.449. The Bertz CT molecular complexity index is 816. The van der Waals surface area contributed by atoms with Crippen LogP contribution >= 0.6 is 0 Å². The average molecular weight is 391 g/mol. The Labute approximate surface area is 159 Å². The van der Waals surface area contributed by atoms with Crippen LogP contribution < -0.4 is 5.32 Å². The van der Waals surface area contributed by atoms with Crippen LogP contribution in [0.2, 0.25) is 0 Å². The van der Waals surface area contributed by atoms with E-state index in [1.54, 1.807) is 0 Å². The average Bonchev–Trinajstić information content (AvgIpc) is 2.60. The zero-order valence-electron chi connectivity index (χ0n) is 15.2. The lowest BCUT2D eigenvalue weighted by Crippen LogP contribution is -2.63. The van der Waals surface area contributed by atoms with E-state index in [2.05, 4.69) is 5.32 Å². The third kappa shape index (κ3) is 3.45. The summed E-state index contributed by atoms with van der Waals surface area (Å²) >= 11 is 0. The molecule has 0 saturated carbocycles. The second kappa shape index (κ2) is 7.23. The van der Waals surface area contributed by atoms with Gasteiger partial charge in [0.25, 0.3) is 0 Å². The van der Waals surface area contributed by atoms with Gasteiger partial charge in [0, 0.05) is 9.85 Å². The van der Waals surface area contributed by atoms with Crippen molar-refractivity contribution in [3.8, 4) is 0 Å². The fraction of sp³-hybridized carbons (Fsp3) is 0.368. The molecule has 0 aromatic heterocycles. The second-order valence-electron chi connectivity index (χ2n) is 7.51. The maximum Gasteiger partial charge on any atom is 0.243 e. The van der Waals surface area contributed by atoms with Crippen LogP contribution in [0.5, 0.6) is 0 Å². The molecular formula is C19H19F2N3O4. The van der Waals surface area contributed by atoms with Gasteiger partial charge in [0.1, 0.15) is 29.1 Å². The maximum absolute atomic E-state index is 13.3. The largest absolute Gasteiger partial charge is 0.291 e. The van der Waals surface area contributed by atoms with Gasteiger partial charge < -0.3 is 0 Å². The van der Waals surface area contributed by atoms with Crippen molar-refractivity contribution in [3.05, 3.63) is 91.5 Å². The Morgan fingerprint density at radius 1 is 0.786 bits per heavy atom. The van der Waals surface area contributed by atoms with E-state index in [1.807, 2.05) is 0 Å². The molecule has 148 valence electrons. The highest BCUT2D eigenvalue weighted by molar-refractivity contribution is 5.28. The lowest BCUT2D eigenvalue weighted by molar-refractivity contribution is -0.605. The van der Waals surface area contributed by atoms with E-state index in [-0.39, 0.29) is 0 Å². The van der Waals surface area contributed by atoms with Crippen molar-refractivity contribution in [1.29, 1.82) is 0 Å². The Hall–Kier alpha value is -2.94. The minimum atomic E-state index is -1.35. The lowest BCUT2D eigenvalue weighted by Gasteiger charge is -2.44. The molecule has 0 bridgehead atoms. The molecule has 1 heterocycles. The van der Waals surface area contributed by atoms with Gasteiger partial charge in [-0.15, -0.1) is 0 Å². The van der Waals surface area contributed by atoms with Crippen LogP contribution in [0.1, 0.15) is 37.1 Å². The first-order valence-corrected chi connectivity index (χ1v) is 8.67. The normalized spacial score (nSPS) is 26.6. The van der Waals surface area contributed by atoms with E-state index in [4.69, 9.17) is 0 Å². The van der Waals surface area contributed by atoms with Gasteiger partial charge in [-0.2, -0.15) is 0 Å². The highest BCUT2D eigenvalue weighted by Crippen LogP contribution is 2.46. The number of nitrogens with one attached hydrogen (secondary N) is 1. The predicted octanol–water partition coefficient (Wildman–Crippen LogP) is 3.67. The van der Waals surface area contributed by atoms with E-state index < -0.39 is 51.1 Å². The van der Waals surface area contributed by atoms with Crippen molar-refractivity contribution in [2.75, 3.05) is 0 Å². The molecule has 0 unspecified atom stereocenters. The monoisotopic (exact) mass is 391 g/mol. The molecule has 2 aromatic rings. The molecule has 0 spiro atoms. The van der Waals surface area contributed by atoms with Gasteiger partial charge in [0.2, 0.25) is 12.1 Å². The van der Waals surface area contributed by atoms with Gasteiger partial charge in [-0.1, -0.05) is 24.3 Å². The smallest absolute Gasteiger partial charge is 0.243 e. The van der Waals surface area contributed by atoms with Crippen LogP contribution in [-0.2, 0) is 0 Å².